The standard InChI is InChI=1S/C32H31BrF4N2O5/c1-43-29-14-20(15-30(40)41)6-9-28(29)44-23-10-12-38(13-11-23)19-31(42,32(35,36)37)25-18-39(17-21-4-2-3-5-26(21)34)27-16-22(33)7-8-24(25)27/h2-9,14,16,18,23,42H,10-13,15,17,19H2,1H3,(H,40,41). The van der Waals surface area contributed by atoms with E-state index in [-0.39, 0.29) is 43.1 Å². The molecule has 0 amide bonds. The monoisotopic (exact) mass is 678 g/mol. The smallest absolute Gasteiger partial charge is 0.422 e. The minimum absolute atomic E-state index is 0.0168. The second-order valence-electron chi connectivity index (χ2n) is 10.9. The first-order chi connectivity index (χ1) is 20.9. The van der Waals surface area contributed by atoms with Gasteiger partial charge in [-0.05, 0) is 48.7 Å². The van der Waals surface area contributed by atoms with Crippen molar-refractivity contribution in [2.24, 2.45) is 0 Å². The first-order valence-electron chi connectivity index (χ1n) is 14.0. The van der Waals surface area contributed by atoms with Crippen molar-refractivity contribution in [3.63, 3.8) is 0 Å². The number of aliphatic carboxylic acids is 1. The molecule has 1 saturated heterocycles. The largest absolute Gasteiger partial charge is 0.493 e. The van der Waals surface area contributed by atoms with Crippen LogP contribution in [0, 0.1) is 5.82 Å². The molecule has 3 aromatic carbocycles. The molecule has 0 radical (unpaired) electrons. The molecule has 0 spiro atoms. The maximum Gasteiger partial charge on any atom is 0.422 e. The van der Waals surface area contributed by atoms with E-state index in [1.54, 1.807) is 53.4 Å². The van der Waals surface area contributed by atoms with Gasteiger partial charge in [-0.3, -0.25) is 9.69 Å². The van der Waals surface area contributed by atoms with Crippen LogP contribution in [0.5, 0.6) is 11.5 Å². The number of halogens is 5. The number of fused-ring (bicyclic) bond motifs is 1. The topological polar surface area (TPSA) is 84.2 Å². The van der Waals surface area contributed by atoms with Crippen molar-refractivity contribution in [3.8, 4) is 11.5 Å². The normalized spacial score (nSPS) is 16.2. The number of aromatic nitrogens is 1. The molecule has 2 heterocycles. The lowest BCUT2D eigenvalue weighted by Crippen LogP contribution is -2.53. The maximum absolute atomic E-state index is 14.8. The number of likely N-dealkylation sites (tertiary alicyclic amines) is 1. The molecule has 1 unspecified atom stereocenters. The maximum atomic E-state index is 14.8. The van der Waals surface area contributed by atoms with Crippen molar-refractivity contribution >= 4 is 32.8 Å². The zero-order chi connectivity index (χ0) is 31.6. The third-order valence-electron chi connectivity index (χ3n) is 7.92. The molecule has 234 valence electrons. The molecule has 0 saturated carbocycles. The van der Waals surface area contributed by atoms with Crippen molar-refractivity contribution in [3.05, 3.63) is 93.8 Å². The van der Waals surface area contributed by atoms with E-state index in [4.69, 9.17) is 14.6 Å². The zero-order valence-corrected chi connectivity index (χ0v) is 25.4. The fourth-order valence-corrected chi connectivity index (χ4v) is 5.99. The molecule has 2 N–H and O–H groups in total. The van der Waals surface area contributed by atoms with Gasteiger partial charge in [0.05, 0.1) is 20.1 Å². The van der Waals surface area contributed by atoms with Gasteiger partial charge in [0, 0.05) is 52.3 Å². The number of rotatable bonds is 10. The van der Waals surface area contributed by atoms with Gasteiger partial charge in [-0.1, -0.05) is 46.3 Å². The Labute approximate surface area is 259 Å². The Morgan fingerprint density at radius 2 is 1.77 bits per heavy atom. The van der Waals surface area contributed by atoms with Crippen LogP contribution < -0.4 is 9.47 Å². The SMILES string of the molecule is COc1cc(CC(=O)O)ccc1OC1CCN(CC(O)(c2cn(Cc3ccccc3F)c3cc(Br)ccc23)C(F)(F)F)CC1. The van der Waals surface area contributed by atoms with E-state index in [9.17, 15) is 27.5 Å². The van der Waals surface area contributed by atoms with Crippen LogP contribution in [0.3, 0.4) is 0 Å². The predicted octanol–water partition coefficient (Wildman–Crippen LogP) is 6.52. The zero-order valence-electron chi connectivity index (χ0n) is 23.8. The lowest BCUT2D eigenvalue weighted by Gasteiger charge is -2.39. The van der Waals surface area contributed by atoms with Gasteiger partial charge in [0.2, 0.25) is 5.60 Å². The Bertz CT molecular complexity index is 1650. The Morgan fingerprint density at radius 1 is 1.05 bits per heavy atom. The molecule has 44 heavy (non-hydrogen) atoms. The molecule has 1 atom stereocenters. The second-order valence-corrected chi connectivity index (χ2v) is 11.8. The quantitative estimate of drug-likeness (QED) is 0.186. The third kappa shape index (κ3) is 6.72. The molecule has 1 fully saturated rings. The summed E-state index contributed by atoms with van der Waals surface area (Å²) in [5, 5.41) is 20.7. The molecule has 0 bridgehead atoms. The number of methoxy groups -OCH3 is 1. The van der Waals surface area contributed by atoms with E-state index in [0.717, 1.165) is 0 Å². The Balaban J connectivity index is 1.36. The van der Waals surface area contributed by atoms with Crippen LogP contribution in [0.15, 0.2) is 71.3 Å². The van der Waals surface area contributed by atoms with Gasteiger partial charge in [-0.15, -0.1) is 0 Å². The lowest BCUT2D eigenvalue weighted by molar-refractivity contribution is -0.272. The van der Waals surface area contributed by atoms with Crippen LogP contribution in [0.2, 0.25) is 0 Å². The number of hydrogen-bond acceptors (Lipinski definition) is 5. The first-order valence-corrected chi connectivity index (χ1v) is 14.8. The highest BCUT2D eigenvalue weighted by Gasteiger charge is 2.57. The fraction of sp³-hybridized carbons (Fsp3) is 0.344. The first kappa shape index (κ1) is 31.8. The van der Waals surface area contributed by atoms with Gasteiger partial charge in [0.25, 0.3) is 0 Å². The van der Waals surface area contributed by atoms with E-state index in [2.05, 4.69) is 15.9 Å². The van der Waals surface area contributed by atoms with E-state index in [1.165, 1.54) is 30.0 Å². The number of ether oxygens (including phenoxy) is 2. The molecule has 7 nitrogen and oxygen atoms in total. The van der Waals surface area contributed by atoms with Gasteiger partial charge >= 0.3 is 12.1 Å². The highest BCUT2D eigenvalue weighted by Crippen LogP contribution is 2.44. The van der Waals surface area contributed by atoms with Gasteiger partial charge in [-0.2, -0.15) is 13.2 Å². The number of piperidine rings is 1. The summed E-state index contributed by atoms with van der Waals surface area (Å²) in [5.41, 5.74) is -2.22. The number of β-amino-alcohol motifs (C(OH)–C–C–N with tert-alkyl or cyclic N) is 1. The highest BCUT2D eigenvalue weighted by molar-refractivity contribution is 9.10. The average Bonchev–Trinajstić information content (AvgIpc) is 3.32. The summed E-state index contributed by atoms with van der Waals surface area (Å²) in [4.78, 5) is 12.6. The number of carbonyl (C=O) groups is 1. The van der Waals surface area contributed by atoms with Crippen LogP contribution >= 0.6 is 15.9 Å². The molecule has 1 aliphatic rings. The third-order valence-corrected chi connectivity index (χ3v) is 8.41. The van der Waals surface area contributed by atoms with E-state index >= 15 is 0 Å². The molecule has 0 aliphatic carbocycles. The summed E-state index contributed by atoms with van der Waals surface area (Å²) in [5.74, 6) is -0.665. The second kappa shape index (κ2) is 12.8. The Morgan fingerprint density at radius 3 is 2.43 bits per heavy atom. The Hall–Kier alpha value is -3.61. The number of hydrogen-bond donors (Lipinski definition) is 2. The van der Waals surface area contributed by atoms with Crippen LogP contribution in [0.4, 0.5) is 17.6 Å². The number of benzene rings is 3. The summed E-state index contributed by atoms with van der Waals surface area (Å²) >= 11 is 3.37. The summed E-state index contributed by atoms with van der Waals surface area (Å²) in [7, 11) is 1.44. The number of carboxylic acids is 1. The minimum Gasteiger partial charge on any atom is -0.493 e. The predicted molar refractivity (Wildman–Crippen MR) is 160 cm³/mol. The average molecular weight is 680 g/mol. The van der Waals surface area contributed by atoms with Crippen LogP contribution in [-0.4, -0.2) is 64.7 Å². The molecular weight excluding hydrogens is 648 g/mol. The van der Waals surface area contributed by atoms with E-state index in [1.807, 2.05) is 0 Å². The van der Waals surface area contributed by atoms with Crippen LogP contribution in [-0.2, 0) is 23.4 Å². The molecule has 4 aromatic rings. The van der Waals surface area contributed by atoms with Gasteiger partial charge in [0.1, 0.15) is 11.9 Å². The molecule has 1 aromatic heterocycles. The van der Waals surface area contributed by atoms with Crippen molar-refractivity contribution in [2.75, 3.05) is 26.7 Å². The van der Waals surface area contributed by atoms with Gasteiger partial charge in [0.15, 0.2) is 11.5 Å². The number of carboxylic acid groups (broad SMARTS) is 1. The van der Waals surface area contributed by atoms with Gasteiger partial charge < -0.3 is 24.3 Å². The van der Waals surface area contributed by atoms with Crippen molar-refractivity contribution < 1.29 is 42.0 Å². The molecule has 1 aliphatic heterocycles. The van der Waals surface area contributed by atoms with E-state index < -0.39 is 30.1 Å². The summed E-state index contributed by atoms with van der Waals surface area (Å²) in [6.45, 7) is -0.230. The number of nitrogens with zero attached hydrogens (tertiary/aromatic N) is 2. The summed E-state index contributed by atoms with van der Waals surface area (Å²) in [6.07, 6.45) is -3.42. The highest BCUT2D eigenvalue weighted by atomic mass is 79.9. The summed E-state index contributed by atoms with van der Waals surface area (Å²) < 4.78 is 72.4. The van der Waals surface area contributed by atoms with Gasteiger partial charge in [-0.25, -0.2) is 4.39 Å². The van der Waals surface area contributed by atoms with E-state index in [0.29, 0.717) is 45.5 Å². The minimum atomic E-state index is -5.00. The Kier molecular flexibility index (Phi) is 9.24. The number of alkyl halides is 3. The van der Waals surface area contributed by atoms with Crippen molar-refractivity contribution in [2.45, 2.75) is 43.7 Å². The van der Waals surface area contributed by atoms with Crippen molar-refractivity contribution in [1.29, 1.82) is 0 Å². The molecule has 5 rings (SSSR count). The van der Waals surface area contributed by atoms with Crippen LogP contribution in [0.25, 0.3) is 10.9 Å². The van der Waals surface area contributed by atoms with Crippen molar-refractivity contribution in [1.82, 2.24) is 9.47 Å². The lowest BCUT2D eigenvalue weighted by atomic mass is 9.91. The fourth-order valence-electron chi connectivity index (χ4n) is 5.65. The molecular formula is C32H31BrF4N2O5. The summed E-state index contributed by atoms with van der Waals surface area (Å²) in [6, 6.07) is 15.7. The molecule has 12 heteroatoms. The van der Waals surface area contributed by atoms with Crippen LogP contribution in [0.1, 0.15) is 29.5 Å². The number of aliphatic hydroxyl groups is 1.